The number of aromatic nitrogens is 1. The number of hydrogen-bond acceptors (Lipinski definition) is 5. The van der Waals surface area contributed by atoms with Crippen LogP contribution in [0.25, 0.3) is 0 Å². The van der Waals surface area contributed by atoms with Crippen molar-refractivity contribution in [2.75, 3.05) is 37.7 Å². The highest BCUT2D eigenvalue weighted by molar-refractivity contribution is 5.85. The van der Waals surface area contributed by atoms with Crippen LogP contribution in [0.5, 0.6) is 5.75 Å². The molecule has 2 heterocycles. The van der Waals surface area contributed by atoms with Gasteiger partial charge in [0.1, 0.15) is 11.6 Å². The van der Waals surface area contributed by atoms with Crippen LogP contribution in [0.2, 0.25) is 0 Å². The molecule has 2 aromatic rings. The Labute approximate surface area is 166 Å². The molecular weight excluding hydrogens is 377 g/mol. The zero-order valence-electron chi connectivity index (χ0n) is 14.5. The van der Waals surface area contributed by atoms with Crippen LogP contribution in [0.1, 0.15) is 11.1 Å². The molecule has 0 saturated carbocycles. The van der Waals surface area contributed by atoms with Crippen LogP contribution in [-0.4, -0.2) is 58.4 Å². The van der Waals surface area contributed by atoms with Crippen LogP contribution in [0.15, 0.2) is 42.6 Å². The first-order chi connectivity index (χ1) is 11.3. The van der Waals surface area contributed by atoms with Gasteiger partial charge in [-0.15, -0.1) is 24.8 Å². The highest BCUT2D eigenvalue weighted by atomic mass is 35.5. The van der Waals surface area contributed by atoms with Crippen molar-refractivity contribution in [2.24, 2.45) is 0 Å². The van der Waals surface area contributed by atoms with Gasteiger partial charge >= 0.3 is 0 Å². The van der Waals surface area contributed by atoms with E-state index >= 15 is 0 Å². The normalized spacial score (nSPS) is 14.0. The molecule has 0 unspecified atom stereocenters. The van der Waals surface area contributed by atoms with Crippen LogP contribution in [-0.2, 0) is 13.0 Å². The Morgan fingerprint density at radius 1 is 1.00 bits per heavy atom. The molecule has 0 spiro atoms. The van der Waals surface area contributed by atoms with E-state index in [0.29, 0.717) is 6.42 Å². The molecule has 0 radical (unpaired) electrons. The Hall–Kier alpha value is -1.57. The molecule has 0 bridgehead atoms. The quantitative estimate of drug-likeness (QED) is 0.791. The lowest BCUT2D eigenvalue weighted by molar-refractivity contribution is 0.249. The third kappa shape index (κ3) is 6.30. The average molecular weight is 404 g/mol. The Morgan fingerprint density at radius 3 is 2.35 bits per heavy atom. The van der Waals surface area contributed by atoms with Crippen molar-refractivity contribution in [2.45, 2.75) is 13.0 Å². The van der Waals surface area contributed by atoms with Gasteiger partial charge in [0.05, 0.1) is 0 Å². The molecule has 6 nitrogen and oxygen atoms in total. The number of anilines is 1. The van der Waals surface area contributed by atoms with Crippen LogP contribution >= 0.6 is 24.8 Å². The molecule has 1 aliphatic rings. The monoisotopic (exact) mass is 403 g/mol. The number of nitrogens with zero attached hydrogens (tertiary/aromatic N) is 3. The Bertz CT molecular complexity index is 639. The summed E-state index contributed by atoms with van der Waals surface area (Å²) in [6.07, 6.45) is 2.33. The highest BCUT2D eigenvalue weighted by Gasteiger charge is 2.18. The smallest absolute Gasteiger partial charge is 0.128 e. The molecule has 1 aromatic heterocycles. The maximum absolute atomic E-state index is 9.79. The average Bonchev–Trinajstić information content (AvgIpc) is 2.60. The standard InChI is InChI=1S/C18H23N3O2.2ClH.H2O/c22-12-6-16-13-15(4-5-17(16)23)14-20-8-10-21(11-9-20)18-3-1-2-7-19-18;;;/h1-5,7,13,22-23H,6,8-12,14H2;2*1H;1H2. The topological polar surface area (TPSA) is 91.3 Å². The number of aliphatic hydroxyl groups is 1. The molecule has 26 heavy (non-hydrogen) atoms. The zero-order valence-corrected chi connectivity index (χ0v) is 16.2. The minimum Gasteiger partial charge on any atom is -0.508 e. The first kappa shape index (κ1) is 24.4. The second-order valence-electron chi connectivity index (χ2n) is 5.89. The molecule has 1 fully saturated rings. The lowest BCUT2D eigenvalue weighted by atomic mass is 10.1. The summed E-state index contributed by atoms with van der Waals surface area (Å²) in [6, 6.07) is 11.7. The summed E-state index contributed by atoms with van der Waals surface area (Å²) in [5.41, 5.74) is 2.00. The first-order valence-electron chi connectivity index (χ1n) is 8.06. The number of halogens is 2. The van der Waals surface area contributed by atoms with E-state index in [1.165, 1.54) is 5.56 Å². The molecule has 1 saturated heterocycles. The number of aromatic hydroxyl groups is 1. The number of benzene rings is 1. The van der Waals surface area contributed by atoms with Gasteiger partial charge in [0.15, 0.2) is 0 Å². The Morgan fingerprint density at radius 2 is 1.73 bits per heavy atom. The fraction of sp³-hybridized carbons (Fsp3) is 0.389. The molecule has 0 aliphatic carbocycles. The number of phenolic OH excluding ortho intramolecular Hbond substituents is 1. The molecular formula is C18H27Cl2N3O3. The van der Waals surface area contributed by atoms with Gasteiger partial charge in [0.25, 0.3) is 0 Å². The van der Waals surface area contributed by atoms with Crippen molar-refractivity contribution < 1.29 is 15.7 Å². The van der Waals surface area contributed by atoms with E-state index in [9.17, 15) is 5.11 Å². The maximum atomic E-state index is 9.79. The minimum absolute atomic E-state index is 0. The second kappa shape index (κ2) is 11.9. The van der Waals surface area contributed by atoms with Gasteiger partial charge in [-0.05, 0) is 35.7 Å². The summed E-state index contributed by atoms with van der Waals surface area (Å²) in [4.78, 5) is 9.13. The van der Waals surface area contributed by atoms with E-state index in [2.05, 4.69) is 20.9 Å². The predicted octanol–water partition coefficient (Wildman–Crippen LogP) is 1.66. The van der Waals surface area contributed by atoms with Crippen molar-refractivity contribution in [3.05, 3.63) is 53.7 Å². The SMILES string of the molecule is Cl.Cl.O.OCCc1cc(CN2CCN(c3ccccn3)CC2)ccc1O. The molecule has 0 atom stereocenters. The molecule has 4 N–H and O–H groups in total. The molecule has 1 aromatic carbocycles. The maximum Gasteiger partial charge on any atom is 0.128 e. The largest absolute Gasteiger partial charge is 0.508 e. The molecule has 1 aliphatic heterocycles. The number of phenols is 1. The lowest BCUT2D eigenvalue weighted by Gasteiger charge is -2.35. The number of pyridine rings is 1. The van der Waals surface area contributed by atoms with Gasteiger partial charge in [0.2, 0.25) is 0 Å². The van der Waals surface area contributed by atoms with Crippen molar-refractivity contribution in [1.82, 2.24) is 9.88 Å². The summed E-state index contributed by atoms with van der Waals surface area (Å²) in [7, 11) is 0. The summed E-state index contributed by atoms with van der Waals surface area (Å²) in [5, 5.41) is 18.9. The predicted molar refractivity (Wildman–Crippen MR) is 109 cm³/mol. The molecule has 146 valence electrons. The van der Waals surface area contributed by atoms with E-state index in [1.54, 1.807) is 6.07 Å². The van der Waals surface area contributed by atoms with Crippen LogP contribution < -0.4 is 4.90 Å². The van der Waals surface area contributed by atoms with Gasteiger partial charge in [-0.2, -0.15) is 0 Å². The van der Waals surface area contributed by atoms with Crippen molar-refractivity contribution >= 4 is 30.6 Å². The van der Waals surface area contributed by atoms with Crippen molar-refractivity contribution in [3.8, 4) is 5.75 Å². The number of piperazine rings is 1. The zero-order chi connectivity index (χ0) is 16.1. The van der Waals surface area contributed by atoms with E-state index in [-0.39, 0.29) is 42.6 Å². The van der Waals surface area contributed by atoms with E-state index < -0.39 is 0 Å². The van der Waals surface area contributed by atoms with Gasteiger partial charge in [-0.3, -0.25) is 4.90 Å². The van der Waals surface area contributed by atoms with Crippen LogP contribution in [0.3, 0.4) is 0 Å². The summed E-state index contributed by atoms with van der Waals surface area (Å²) in [6.45, 7) is 4.85. The van der Waals surface area contributed by atoms with Gasteiger partial charge in [0, 0.05) is 45.5 Å². The summed E-state index contributed by atoms with van der Waals surface area (Å²) < 4.78 is 0. The van der Waals surface area contributed by atoms with Crippen molar-refractivity contribution in [1.29, 1.82) is 0 Å². The van der Waals surface area contributed by atoms with Crippen LogP contribution in [0, 0.1) is 0 Å². The number of aliphatic hydroxyl groups excluding tert-OH is 1. The third-order valence-electron chi connectivity index (χ3n) is 4.28. The summed E-state index contributed by atoms with van der Waals surface area (Å²) >= 11 is 0. The Balaban J connectivity index is 0.00000208. The van der Waals surface area contributed by atoms with E-state index in [4.69, 9.17) is 5.11 Å². The number of hydrogen-bond donors (Lipinski definition) is 2. The number of rotatable bonds is 5. The molecule has 8 heteroatoms. The minimum atomic E-state index is 0. The van der Waals surface area contributed by atoms with E-state index in [0.717, 1.165) is 44.1 Å². The third-order valence-corrected chi connectivity index (χ3v) is 4.28. The Kier molecular flexibility index (Phi) is 11.2. The van der Waals surface area contributed by atoms with Gasteiger partial charge < -0.3 is 20.6 Å². The van der Waals surface area contributed by atoms with Gasteiger partial charge in [-0.25, -0.2) is 4.98 Å². The fourth-order valence-corrected chi connectivity index (χ4v) is 2.99. The molecule has 0 amide bonds. The van der Waals surface area contributed by atoms with Crippen LogP contribution in [0.4, 0.5) is 5.82 Å². The second-order valence-corrected chi connectivity index (χ2v) is 5.89. The lowest BCUT2D eigenvalue weighted by Crippen LogP contribution is -2.46. The van der Waals surface area contributed by atoms with Crippen molar-refractivity contribution in [3.63, 3.8) is 0 Å². The molecule has 3 rings (SSSR count). The fourth-order valence-electron chi connectivity index (χ4n) is 2.99. The van der Waals surface area contributed by atoms with E-state index in [1.807, 2.05) is 30.5 Å². The highest BCUT2D eigenvalue weighted by Crippen LogP contribution is 2.21. The first-order valence-corrected chi connectivity index (χ1v) is 8.06. The summed E-state index contributed by atoms with van der Waals surface area (Å²) in [5.74, 6) is 1.31. The van der Waals surface area contributed by atoms with Gasteiger partial charge in [-0.1, -0.05) is 18.2 Å².